The van der Waals surface area contributed by atoms with Crippen LogP contribution in [0.5, 0.6) is 0 Å². The molecule has 154 valence electrons. The first-order valence-electron chi connectivity index (χ1n) is 10.8. The minimum absolute atomic E-state index is 0.0616. The SMILES string of the molecule is O=C(c1ccco1)N1CC[NH+](CC(=O)N(c2ccccc2)C2CCCCC2)CC1. The van der Waals surface area contributed by atoms with Crippen LogP contribution in [0.15, 0.2) is 53.1 Å². The lowest BCUT2D eigenvalue weighted by atomic mass is 9.93. The molecule has 1 saturated carbocycles. The summed E-state index contributed by atoms with van der Waals surface area (Å²) in [7, 11) is 0. The lowest BCUT2D eigenvalue weighted by Gasteiger charge is -2.36. The van der Waals surface area contributed by atoms with E-state index in [1.165, 1.54) is 30.4 Å². The number of amides is 2. The van der Waals surface area contributed by atoms with Crippen molar-refractivity contribution in [2.24, 2.45) is 0 Å². The summed E-state index contributed by atoms with van der Waals surface area (Å²) >= 11 is 0. The van der Waals surface area contributed by atoms with Crippen LogP contribution in [0.25, 0.3) is 0 Å². The summed E-state index contributed by atoms with van der Waals surface area (Å²) in [5.74, 6) is 0.523. The molecule has 2 amide bonds. The van der Waals surface area contributed by atoms with Crippen LogP contribution in [0.4, 0.5) is 5.69 Å². The van der Waals surface area contributed by atoms with Crippen LogP contribution in [0.2, 0.25) is 0 Å². The molecule has 0 unspecified atom stereocenters. The van der Waals surface area contributed by atoms with Crippen molar-refractivity contribution >= 4 is 17.5 Å². The molecule has 1 saturated heterocycles. The molecular formula is C23H30N3O3+. The molecule has 2 heterocycles. The molecule has 1 aliphatic heterocycles. The number of furan rings is 1. The standard InChI is InChI=1S/C23H29N3O3/c27-22(26(19-8-3-1-4-9-19)20-10-5-2-6-11-20)18-24-13-15-25(16-14-24)23(28)21-12-7-17-29-21/h1,3-4,7-9,12,17,20H,2,5-6,10-11,13-16,18H2/p+1. The molecule has 0 spiro atoms. The molecular weight excluding hydrogens is 366 g/mol. The molecule has 0 radical (unpaired) electrons. The molecule has 1 aliphatic carbocycles. The van der Waals surface area contributed by atoms with Crippen LogP contribution in [-0.4, -0.2) is 55.5 Å². The lowest BCUT2D eigenvalue weighted by Crippen LogP contribution is -3.16. The topological polar surface area (TPSA) is 58.2 Å². The predicted molar refractivity (Wildman–Crippen MR) is 111 cm³/mol. The highest BCUT2D eigenvalue weighted by molar-refractivity contribution is 5.94. The largest absolute Gasteiger partial charge is 0.459 e. The van der Waals surface area contributed by atoms with Gasteiger partial charge >= 0.3 is 0 Å². The van der Waals surface area contributed by atoms with E-state index < -0.39 is 0 Å². The highest BCUT2D eigenvalue weighted by Crippen LogP contribution is 2.27. The van der Waals surface area contributed by atoms with Crippen molar-refractivity contribution in [1.29, 1.82) is 0 Å². The van der Waals surface area contributed by atoms with Crippen LogP contribution in [0.3, 0.4) is 0 Å². The third kappa shape index (κ3) is 4.70. The van der Waals surface area contributed by atoms with E-state index in [1.54, 1.807) is 12.1 Å². The molecule has 1 aromatic carbocycles. The van der Waals surface area contributed by atoms with Crippen molar-refractivity contribution in [3.05, 3.63) is 54.5 Å². The second kappa shape index (κ2) is 9.27. The van der Waals surface area contributed by atoms with Crippen molar-refractivity contribution < 1.29 is 18.9 Å². The molecule has 6 nitrogen and oxygen atoms in total. The van der Waals surface area contributed by atoms with E-state index in [0.717, 1.165) is 31.6 Å². The number of benzene rings is 1. The molecule has 1 N–H and O–H groups in total. The molecule has 4 rings (SSSR count). The molecule has 2 fully saturated rings. The van der Waals surface area contributed by atoms with Gasteiger partial charge < -0.3 is 19.1 Å². The Morgan fingerprint density at radius 3 is 2.38 bits per heavy atom. The molecule has 2 aliphatic rings. The summed E-state index contributed by atoms with van der Waals surface area (Å²) < 4.78 is 5.23. The van der Waals surface area contributed by atoms with Gasteiger partial charge in [0.15, 0.2) is 12.3 Å². The van der Waals surface area contributed by atoms with Crippen LogP contribution < -0.4 is 9.80 Å². The van der Waals surface area contributed by atoms with E-state index in [0.29, 0.717) is 31.4 Å². The zero-order valence-corrected chi connectivity index (χ0v) is 16.9. The van der Waals surface area contributed by atoms with Gasteiger partial charge in [0.25, 0.3) is 11.8 Å². The fourth-order valence-electron chi connectivity index (χ4n) is 4.54. The van der Waals surface area contributed by atoms with Gasteiger partial charge in [-0.25, -0.2) is 0 Å². The van der Waals surface area contributed by atoms with Crippen LogP contribution in [-0.2, 0) is 4.79 Å². The second-order valence-electron chi connectivity index (χ2n) is 8.09. The number of nitrogens with one attached hydrogen (secondary N) is 1. The summed E-state index contributed by atoms with van der Waals surface area (Å²) in [6.07, 6.45) is 7.35. The third-order valence-corrected chi connectivity index (χ3v) is 6.13. The number of piperazine rings is 1. The molecule has 1 aromatic heterocycles. The van der Waals surface area contributed by atoms with E-state index in [1.807, 2.05) is 40.1 Å². The van der Waals surface area contributed by atoms with E-state index in [4.69, 9.17) is 4.42 Å². The fraction of sp³-hybridized carbons (Fsp3) is 0.478. The van der Waals surface area contributed by atoms with Crippen LogP contribution >= 0.6 is 0 Å². The van der Waals surface area contributed by atoms with Gasteiger partial charge in [-0.15, -0.1) is 0 Å². The Bertz CT molecular complexity index is 792. The van der Waals surface area contributed by atoms with Gasteiger partial charge in [-0.05, 0) is 37.1 Å². The highest BCUT2D eigenvalue weighted by Gasteiger charge is 2.32. The number of rotatable bonds is 5. The Labute approximate surface area is 172 Å². The van der Waals surface area contributed by atoms with Gasteiger partial charge in [-0.1, -0.05) is 37.5 Å². The Morgan fingerprint density at radius 2 is 1.72 bits per heavy atom. The minimum atomic E-state index is -0.0616. The summed E-state index contributed by atoms with van der Waals surface area (Å²) in [5.41, 5.74) is 1.01. The molecule has 6 heteroatoms. The van der Waals surface area contributed by atoms with Gasteiger partial charge in [0.1, 0.15) is 0 Å². The van der Waals surface area contributed by atoms with Gasteiger partial charge in [-0.3, -0.25) is 9.59 Å². The summed E-state index contributed by atoms with van der Waals surface area (Å²) in [4.78, 5) is 30.9. The Balaban J connectivity index is 1.37. The lowest BCUT2D eigenvalue weighted by molar-refractivity contribution is -0.895. The molecule has 0 bridgehead atoms. The normalized spacial score (nSPS) is 18.6. The van der Waals surface area contributed by atoms with Gasteiger partial charge in [0.05, 0.1) is 32.4 Å². The van der Waals surface area contributed by atoms with Crippen molar-refractivity contribution in [3.8, 4) is 0 Å². The summed E-state index contributed by atoms with van der Waals surface area (Å²) in [6, 6.07) is 13.8. The predicted octanol–water partition coefficient (Wildman–Crippen LogP) is 1.99. The Kier molecular flexibility index (Phi) is 6.30. The smallest absolute Gasteiger partial charge is 0.289 e. The van der Waals surface area contributed by atoms with E-state index >= 15 is 0 Å². The Hall–Kier alpha value is -2.60. The first-order chi connectivity index (χ1) is 14.2. The quantitative estimate of drug-likeness (QED) is 0.841. The van der Waals surface area contributed by atoms with Gasteiger partial charge in [0, 0.05) is 11.7 Å². The second-order valence-corrected chi connectivity index (χ2v) is 8.09. The van der Waals surface area contributed by atoms with E-state index in [9.17, 15) is 9.59 Å². The van der Waals surface area contributed by atoms with Gasteiger partial charge in [-0.2, -0.15) is 0 Å². The molecule has 29 heavy (non-hydrogen) atoms. The number of hydrogen-bond acceptors (Lipinski definition) is 3. The van der Waals surface area contributed by atoms with Crippen molar-refractivity contribution in [2.45, 2.75) is 38.1 Å². The average Bonchev–Trinajstić information content (AvgIpc) is 3.30. The first-order valence-corrected chi connectivity index (χ1v) is 10.8. The third-order valence-electron chi connectivity index (χ3n) is 6.13. The monoisotopic (exact) mass is 396 g/mol. The number of carbonyl (C=O) groups is 2. The van der Waals surface area contributed by atoms with Crippen LogP contribution in [0, 0.1) is 0 Å². The zero-order valence-electron chi connectivity index (χ0n) is 16.9. The summed E-state index contributed by atoms with van der Waals surface area (Å²) in [5, 5.41) is 0. The van der Waals surface area contributed by atoms with Crippen molar-refractivity contribution in [2.75, 3.05) is 37.6 Å². The molecule has 0 atom stereocenters. The number of hydrogen-bond donors (Lipinski definition) is 1. The van der Waals surface area contributed by atoms with Crippen molar-refractivity contribution in [1.82, 2.24) is 4.90 Å². The molecule has 2 aromatic rings. The van der Waals surface area contributed by atoms with Crippen LogP contribution in [0.1, 0.15) is 42.7 Å². The van der Waals surface area contributed by atoms with Gasteiger partial charge in [0.2, 0.25) is 0 Å². The van der Waals surface area contributed by atoms with E-state index in [2.05, 4.69) is 0 Å². The highest BCUT2D eigenvalue weighted by atomic mass is 16.3. The maximum absolute atomic E-state index is 13.3. The minimum Gasteiger partial charge on any atom is -0.459 e. The number of carbonyl (C=O) groups excluding carboxylic acids is 2. The summed E-state index contributed by atoms with van der Waals surface area (Å²) in [6.45, 7) is 3.35. The number of anilines is 1. The van der Waals surface area contributed by atoms with Crippen molar-refractivity contribution in [3.63, 3.8) is 0 Å². The average molecular weight is 397 g/mol. The number of quaternary nitrogens is 1. The zero-order chi connectivity index (χ0) is 20.1. The number of para-hydroxylation sites is 1. The maximum atomic E-state index is 13.3. The first kappa shape index (κ1) is 19.7. The maximum Gasteiger partial charge on any atom is 0.289 e. The number of nitrogens with zero attached hydrogens (tertiary/aromatic N) is 2. The van der Waals surface area contributed by atoms with E-state index in [-0.39, 0.29) is 11.8 Å². The Morgan fingerprint density at radius 1 is 1.00 bits per heavy atom. The fourth-order valence-corrected chi connectivity index (χ4v) is 4.54.